The molecule has 4 heteroatoms. The van der Waals surface area contributed by atoms with E-state index in [1.807, 2.05) is 12.1 Å². The molecule has 0 aromatic heterocycles. The molecule has 0 aliphatic heterocycles. The highest BCUT2D eigenvalue weighted by atomic mass is 79.9. The number of nitrogens with one attached hydrogen (secondary N) is 1. The van der Waals surface area contributed by atoms with E-state index in [0.717, 1.165) is 10.0 Å². The highest BCUT2D eigenvalue weighted by molar-refractivity contribution is 9.10. The molecule has 0 saturated heterocycles. The second-order valence-corrected chi connectivity index (χ2v) is 6.54. The molecule has 0 saturated carbocycles. The lowest BCUT2D eigenvalue weighted by Gasteiger charge is -2.27. The number of halogens is 3. The van der Waals surface area contributed by atoms with E-state index in [4.69, 9.17) is 11.6 Å². The molecule has 0 amide bonds. The van der Waals surface area contributed by atoms with Crippen LogP contribution in [-0.4, -0.2) is 0 Å². The molecule has 0 radical (unpaired) electrons. The zero-order valence-corrected chi connectivity index (χ0v) is 13.7. The van der Waals surface area contributed by atoms with Gasteiger partial charge in [-0.05, 0) is 49.2 Å². The Hall–Kier alpha value is -0.900. The molecule has 1 nitrogen and oxygen atoms in total. The molecule has 2 aromatic rings. The van der Waals surface area contributed by atoms with Gasteiger partial charge in [0.25, 0.3) is 0 Å². The predicted octanol–water partition coefficient (Wildman–Crippen LogP) is 5.27. The second-order valence-electron chi connectivity index (χ2n) is 5.22. The van der Waals surface area contributed by atoms with Gasteiger partial charge in [0, 0.05) is 21.6 Å². The maximum absolute atomic E-state index is 13.0. The maximum Gasteiger partial charge on any atom is 0.124 e. The van der Waals surface area contributed by atoms with Crippen LogP contribution in [0.4, 0.5) is 4.39 Å². The van der Waals surface area contributed by atoms with E-state index in [1.54, 1.807) is 6.07 Å². The van der Waals surface area contributed by atoms with Crippen LogP contribution in [0.25, 0.3) is 0 Å². The largest absolute Gasteiger partial charge is 0.304 e. The van der Waals surface area contributed by atoms with Gasteiger partial charge in [-0.3, -0.25) is 0 Å². The average molecular weight is 357 g/mol. The minimum atomic E-state index is -0.314. The maximum atomic E-state index is 13.0. The van der Waals surface area contributed by atoms with Gasteiger partial charge in [0.15, 0.2) is 0 Å². The SMILES string of the molecule is CC(C)(NCc1ccc(F)cc1Cl)c1ccc(Br)cc1. The summed E-state index contributed by atoms with van der Waals surface area (Å²) in [6, 6.07) is 12.7. The highest BCUT2D eigenvalue weighted by Crippen LogP contribution is 2.24. The van der Waals surface area contributed by atoms with E-state index in [2.05, 4.69) is 47.2 Å². The smallest absolute Gasteiger partial charge is 0.124 e. The van der Waals surface area contributed by atoms with Crippen molar-refractivity contribution in [2.45, 2.75) is 25.9 Å². The third-order valence-corrected chi connectivity index (χ3v) is 4.18. The van der Waals surface area contributed by atoms with Gasteiger partial charge in [-0.2, -0.15) is 0 Å². The lowest BCUT2D eigenvalue weighted by molar-refractivity contribution is 0.401. The molecule has 106 valence electrons. The van der Waals surface area contributed by atoms with E-state index < -0.39 is 0 Å². The summed E-state index contributed by atoms with van der Waals surface area (Å²) in [7, 11) is 0. The van der Waals surface area contributed by atoms with Gasteiger partial charge in [-0.25, -0.2) is 4.39 Å². The number of hydrogen-bond acceptors (Lipinski definition) is 1. The molecule has 1 N–H and O–H groups in total. The molecule has 0 heterocycles. The zero-order chi connectivity index (χ0) is 14.8. The molecule has 2 rings (SSSR count). The van der Waals surface area contributed by atoms with E-state index in [9.17, 15) is 4.39 Å². The van der Waals surface area contributed by atoms with Gasteiger partial charge in [-0.1, -0.05) is 45.7 Å². The fraction of sp³-hybridized carbons (Fsp3) is 0.250. The van der Waals surface area contributed by atoms with E-state index in [-0.39, 0.29) is 11.4 Å². The van der Waals surface area contributed by atoms with Crippen molar-refractivity contribution in [3.63, 3.8) is 0 Å². The Balaban J connectivity index is 2.10. The zero-order valence-electron chi connectivity index (χ0n) is 11.4. The first kappa shape index (κ1) is 15.5. The molecule has 0 aliphatic carbocycles. The van der Waals surface area contributed by atoms with Gasteiger partial charge in [0.1, 0.15) is 5.82 Å². The first-order valence-electron chi connectivity index (χ1n) is 6.33. The normalized spacial score (nSPS) is 11.7. The summed E-state index contributed by atoms with van der Waals surface area (Å²) in [5.74, 6) is -0.314. The molecule has 0 unspecified atom stereocenters. The molecule has 0 aliphatic rings. The summed E-state index contributed by atoms with van der Waals surface area (Å²) in [4.78, 5) is 0. The van der Waals surface area contributed by atoms with Crippen LogP contribution in [0.5, 0.6) is 0 Å². The average Bonchev–Trinajstić information content (AvgIpc) is 2.38. The molecule has 2 aromatic carbocycles. The number of hydrogen-bond donors (Lipinski definition) is 1. The summed E-state index contributed by atoms with van der Waals surface area (Å²) < 4.78 is 14.1. The van der Waals surface area contributed by atoms with E-state index in [0.29, 0.717) is 11.6 Å². The Morgan fingerprint density at radius 2 is 1.80 bits per heavy atom. The van der Waals surface area contributed by atoms with Crippen LogP contribution >= 0.6 is 27.5 Å². The van der Waals surface area contributed by atoms with E-state index in [1.165, 1.54) is 17.7 Å². The fourth-order valence-corrected chi connectivity index (χ4v) is 2.45. The third kappa shape index (κ3) is 3.81. The minimum absolute atomic E-state index is 0.196. The van der Waals surface area contributed by atoms with Gasteiger partial charge in [0.2, 0.25) is 0 Å². The first-order chi connectivity index (χ1) is 9.38. The lowest BCUT2D eigenvalue weighted by Crippen LogP contribution is -2.36. The molecule has 0 fully saturated rings. The van der Waals surface area contributed by atoms with Gasteiger partial charge >= 0.3 is 0 Å². The lowest BCUT2D eigenvalue weighted by atomic mass is 9.94. The van der Waals surface area contributed by atoms with Crippen LogP contribution < -0.4 is 5.32 Å². The summed E-state index contributed by atoms with van der Waals surface area (Å²) >= 11 is 9.47. The van der Waals surface area contributed by atoms with Crippen LogP contribution in [0, 0.1) is 5.82 Å². The summed E-state index contributed by atoms with van der Waals surface area (Å²) in [5.41, 5.74) is 1.87. The minimum Gasteiger partial charge on any atom is -0.304 e. The van der Waals surface area contributed by atoms with E-state index >= 15 is 0 Å². The van der Waals surface area contributed by atoms with Crippen molar-refractivity contribution < 1.29 is 4.39 Å². The van der Waals surface area contributed by atoms with Crippen LogP contribution in [0.2, 0.25) is 5.02 Å². The Labute approximate surface area is 132 Å². The van der Waals surface area contributed by atoms with Crippen molar-refractivity contribution in [1.82, 2.24) is 5.32 Å². The third-order valence-electron chi connectivity index (χ3n) is 3.30. The van der Waals surface area contributed by atoms with Gasteiger partial charge in [0.05, 0.1) is 0 Å². The van der Waals surface area contributed by atoms with Crippen LogP contribution in [0.15, 0.2) is 46.9 Å². The first-order valence-corrected chi connectivity index (χ1v) is 7.50. The Bertz CT molecular complexity index is 596. The monoisotopic (exact) mass is 355 g/mol. The van der Waals surface area contributed by atoms with Crippen molar-refractivity contribution in [2.24, 2.45) is 0 Å². The van der Waals surface area contributed by atoms with Crippen molar-refractivity contribution in [1.29, 1.82) is 0 Å². The number of benzene rings is 2. The summed E-state index contributed by atoms with van der Waals surface area (Å²) in [5, 5.41) is 3.90. The van der Waals surface area contributed by atoms with Crippen molar-refractivity contribution >= 4 is 27.5 Å². The predicted molar refractivity (Wildman–Crippen MR) is 85.4 cm³/mol. The van der Waals surface area contributed by atoms with Crippen LogP contribution in [0.3, 0.4) is 0 Å². The Kier molecular flexibility index (Phi) is 4.84. The number of rotatable bonds is 4. The topological polar surface area (TPSA) is 12.0 Å². The Morgan fingerprint density at radius 1 is 1.15 bits per heavy atom. The highest BCUT2D eigenvalue weighted by Gasteiger charge is 2.19. The fourth-order valence-electron chi connectivity index (χ4n) is 1.95. The molecule has 20 heavy (non-hydrogen) atoms. The molecule has 0 atom stereocenters. The second kappa shape index (κ2) is 6.25. The van der Waals surface area contributed by atoms with Crippen molar-refractivity contribution in [3.05, 3.63) is 68.9 Å². The summed E-state index contributed by atoms with van der Waals surface area (Å²) in [6.45, 7) is 4.80. The van der Waals surface area contributed by atoms with Crippen LogP contribution in [-0.2, 0) is 12.1 Å². The van der Waals surface area contributed by atoms with Gasteiger partial charge in [-0.15, -0.1) is 0 Å². The molecule has 0 bridgehead atoms. The molecular weight excluding hydrogens is 341 g/mol. The van der Waals surface area contributed by atoms with Crippen LogP contribution in [0.1, 0.15) is 25.0 Å². The molecular formula is C16H16BrClFN. The quantitative estimate of drug-likeness (QED) is 0.787. The van der Waals surface area contributed by atoms with Gasteiger partial charge < -0.3 is 5.32 Å². The standard InChI is InChI=1S/C16H16BrClFN/c1-16(2,12-4-6-13(17)7-5-12)20-10-11-3-8-14(19)9-15(11)18/h3-9,20H,10H2,1-2H3. The van der Waals surface area contributed by atoms with Crippen molar-refractivity contribution in [2.75, 3.05) is 0 Å². The molecule has 0 spiro atoms. The summed E-state index contributed by atoms with van der Waals surface area (Å²) in [6.07, 6.45) is 0. The van der Waals surface area contributed by atoms with Crippen molar-refractivity contribution in [3.8, 4) is 0 Å². The Morgan fingerprint density at radius 3 is 2.40 bits per heavy atom.